The number of nitrogen functional groups attached to an aromatic ring is 1. The van der Waals surface area contributed by atoms with E-state index < -0.39 is 50.3 Å². The Hall–Kier alpha value is -3.06. The minimum Gasteiger partial charge on any atom is -0.461 e. The zero-order chi connectivity index (χ0) is 32.6. The Morgan fingerprint density at radius 3 is 2.53 bits per heavy atom. The van der Waals surface area contributed by atoms with E-state index >= 15 is 0 Å². The van der Waals surface area contributed by atoms with Crippen LogP contribution in [0, 0.1) is 11.3 Å². The first-order chi connectivity index (χ1) is 21.2. The number of aromatic nitrogens is 3. The highest BCUT2D eigenvalue weighted by atomic mass is 31.2. The van der Waals surface area contributed by atoms with E-state index in [0.29, 0.717) is 17.1 Å². The molecule has 45 heavy (non-hydrogen) atoms. The maximum absolute atomic E-state index is 14.2. The Morgan fingerprint density at radius 2 is 1.87 bits per heavy atom. The van der Waals surface area contributed by atoms with E-state index in [2.05, 4.69) is 35.9 Å². The molecule has 0 spiro atoms. The lowest BCUT2D eigenvalue weighted by molar-refractivity contribution is -0.153. The average molecular weight is 646 g/mol. The maximum atomic E-state index is 14.2. The van der Waals surface area contributed by atoms with Crippen molar-refractivity contribution in [3.8, 4) is 5.75 Å². The van der Waals surface area contributed by atoms with Gasteiger partial charge in [-0.2, -0.15) is 10.2 Å². The van der Waals surface area contributed by atoms with Crippen LogP contribution in [-0.2, 0) is 23.4 Å². The average Bonchev–Trinajstić information content (AvgIpc) is 3.52. The molecule has 1 unspecified atom stereocenters. The van der Waals surface area contributed by atoms with E-state index in [1.807, 2.05) is 0 Å². The topological polar surface area (TPSA) is 180 Å². The largest absolute Gasteiger partial charge is 0.461 e. The Morgan fingerprint density at radius 1 is 1.18 bits per heavy atom. The third-order valence-electron chi connectivity index (χ3n) is 8.84. The van der Waals surface area contributed by atoms with E-state index in [-0.39, 0.29) is 23.1 Å². The van der Waals surface area contributed by atoms with Crippen molar-refractivity contribution in [2.45, 2.75) is 96.4 Å². The smallest absolute Gasteiger partial charge is 0.459 e. The Bertz CT molecular complexity index is 1520. The van der Waals surface area contributed by atoms with E-state index in [1.54, 1.807) is 42.5 Å². The van der Waals surface area contributed by atoms with Crippen LogP contribution in [0.25, 0.3) is 5.52 Å². The van der Waals surface area contributed by atoms with Crippen LogP contribution in [0.3, 0.4) is 0 Å². The fraction of sp³-hybridized carbons (Fsp3) is 0.581. The zero-order valence-electron chi connectivity index (χ0n) is 26.3. The number of esters is 1. The lowest BCUT2D eigenvalue weighted by atomic mass is 9.72. The highest BCUT2D eigenvalue weighted by Crippen LogP contribution is 2.48. The van der Waals surface area contributed by atoms with E-state index in [1.165, 1.54) is 24.7 Å². The van der Waals surface area contributed by atoms with Gasteiger partial charge >= 0.3 is 13.7 Å². The molecule has 13 nitrogen and oxygen atoms in total. The molecule has 2 aromatic heterocycles. The molecule has 0 radical (unpaired) electrons. The van der Waals surface area contributed by atoms with Crippen LogP contribution >= 0.6 is 7.75 Å². The van der Waals surface area contributed by atoms with Crippen molar-refractivity contribution in [2.75, 3.05) is 12.3 Å². The molecule has 14 heteroatoms. The Kier molecular flexibility index (Phi) is 9.61. The molecule has 2 fully saturated rings. The molecule has 5 N–H and O–H groups in total. The van der Waals surface area contributed by atoms with Crippen molar-refractivity contribution >= 4 is 25.1 Å². The van der Waals surface area contributed by atoms with Gasteiger partial charge in [0.25, 0.3) is 0 Å². The first-order valence-corrected chi connectivity index (χ1v) is 16.8. The second-order valence-corrected chi connectivity index (χ2v) is 15.0. The summed E-state index contributed by atoms with van der Waals surface area (Å²) in [6.45, 7) is 9.28. The second-order valence-electron chi connectivity index (χ2n) is 13.3. The SMILES string of the molecule is C[C@H](NP(=O)(OC[C@@]1(C)O[C@@H](c2ccc3c(N)ncnn23)[C@H](O)[C@@H]1O)Oc1ccccc1)C(=O)OC1CCC(C(C)(C)C)CC1. The highest BCUT2D eigenvalue weighted by molar-refractivity contribution is 7.52. The number of nitrogens with zero attached hydrogens (tertiary/aromatic N) is 3. The summed E-state index contributed by atoms with van der Waals surface area (Å²) in [4.78, 5) is 17.1. The van der Waals surface area contributed by atoms with E-state index in [4.69, 9.17) is 24.3 Å². The number of anilines is 1. The van der Waals surface area contributed by atoms with Crippen molar-refractivity contribution in [1.29, 1.82) is 0 Å². The molecular formula is C31H44N5O8P. The van der Waals surface area contributed by atoms with Crippen molar-refractivity contribution in [1.82, 2.24) is 19.7 Å². The summed E-state index contributed by atoms with van der Waals surface area (Å²) in [7, 11) is -4.27. The fourth-order valence-corrected chi connectivity index (χ4v) is 7.61. The fourth-order valence-electron chi connectivity index (χ4n) is 6.03. The van der Waals surface area contributed by atoms with Crippen LogP contribution in [0.4, 0.5) is 5.82 Å². The lowest BCUT2D eigenvalue weighted by Gasteiger charge is -2.37. The summed E-state index contributed by atoms with van der Waals surface area (Å²) in [6.07, 6.45) is 0.683. The summed E-state index contributed by atoms with van der Waals surface area (Å²) in [6, 6.07) is 10.7. The second kappa shape index (κ2) is 13.0. The van der Waals surface area contributed by atoms with Gasteiger partial charge in [0.2, 0.25) is 0 Å². The summed E-state index contributed by atoms with van der Waals surface area (Å²) in [5.74, 6) is 0.467. The molecule has 1 aromatic carbocycles. The molecule has 3 heterocycles. The predicted octanol–water partition coefficient (Wildman–Crippen LogP) is 4.19. The van der Waals surface area contributed by atoms with Crippen LogP contribution < -0.4 is 15.3 Å². The first kappa shape index (κ1) is 33.3. The molecular weight excluding hydrogens is 601 g/mol. The van der Waals surface area contributed by atoms with Gasteiger partial charge in [-0.05, 0) is 75.1 Å². The van der Waals surface area contributed by atoms with Gasteiger partial charge < -0.3 is 29.9 Å². The molecule has 0 amide bonds. The van der Waals surface area contributed by atoms with Gasteiger partial charge in [0.1, 0.15) is 53.7 Å². The molecule has 1 aliphatic carbocycles. The molecule has 3 aromatic rings. The van der Waals surface area contributed by atoms with Crippen LogP contribution in [0.2, 0.25) is 0 Å². The number of fused-ring (bicyclic) bond motifs is 1. The minimum absolute atomic E-state index is 0.198. The van der Waals surface area contributed by atoms with Gasteiger partial charge in [0.15, 0.2) is 5.82 Å². The zero-order valence-corrected chi connectivity index (χ0v) is 27.2. The first-order valence-electron chi connectivity index (χ1n) is 15.3. The third-order valence-corrected chi connectivity index (χ3v) is 10.5. The molecule has 1 aliphatic heterocycles. The minimum atomic E-state index is -4.27. The Balaban J connectivity index is 1.28. The molecule has 2 aliphatic rings. The number of ether oxygens (including phenoxy) is 2. The summed E-state index contributed by atoms with van der Waals surface area (Å²) in [5, 5.41) is 29.0. The Labute approximate surface area is 263 Å². The normalized spacial score (nSPS) is 29.3. The molecule has 0 bridgehead atoms. The number of carbonyl (C=O) groups is 1. The van der Waals surface area contributed by atoms with Gasteiger partial charge in [0.05, 0.1) is 12.3 Å². The van der Waals surface area contributed by atoms with E-state index in [9.17, 15) is 19.6 Å². The van der Waals surface area contributed by atoms with Crippen LogP contribution in [0.15, 0.2) is 48.8 Å². The summed E-state index contributed by atoms with van der Waals surface area (Å²) < 4.78 is 39.2. The number of nitrogens with one attached hydrogen (secondary N) is 1. The number of hydrogen-bond acceptors (Lipinski definition) is 11. The summed E-state index contributed by atoms with van der Waals surface area (Å²) >= 11 is 0. The van der Waals surface area contributed by atoms with Crippen LogP contribution in [0.5, 0.6) is 5.75 Å². The third kappa shape index (κ3) is 7.34. The van der Waals surface area contributed by atoms with Crippen LogP contribution in [0.1, 0.15) is 72.1 Å². The van der Waals surface area contributed by atoms with Crippen molar-refractivity contribution in [3.05, 3.63) is 54.5 Å². The van der Waals surface area contributed by atoms with Crippen molar-refractivity contribution in [3.63, 3.8) is 0 Å². The predicted molar refractivity (Wildman–Crippen MR) is 166 cm³/mol. The molecule has 5 rings (SSSR count). The number of carbonyl (C=O) groups excluding carboxylic acids is 1. The van der Waals surface area contributed by atoms with Crippen molar-refractivity contribution in [2.24, 2.45) is 11.3 Å². The van der Waals surface area contributed by atoms with E-state index in [0.717, 1.165) is 25.7 Å². The number of nitrogens with two attached hydrogens (primary N) is 1. The number of benzene rings is 1. The van der Waals surface area contributed by atoms with Gasteiger partial charge in [-0.15, -0.1) is 0 Å². The highest BCUT2D eigenvalue weighted by Gasteiger charge is 2.54. The number of para-hydroxylation sites is 1. The van der Waals surface area contributed by atoms with Gasteiger partial charge in [-0.25, -0.2) is 14.1 Å². The number of aliphatic hydroxyl groups excluding tert-OH is 2. The number of rotatable bonds is 10. The maximum Gasteiger partial charge on any atom is 0.459 e. The van der Waals surface area contributed by atoms with Gasteiger partial charge in [-0.3, -0.25) is 9.32 Å². The standard InChI is InChI=1S/C31H44N5O8P/c1-19(29(39)42-21-13-11-20(12-14-21)30(2,3)4)35-45(40,44-22-9-7-6-8-10-22)41-17-31(5)27(38)25(37)26(43-31)23-15-16-24-28(32)33-18-34-36(23)24/h6-10,15-16,18-21,25-27,37-38H,11-14,17H2,1-5H3,(H,35,40)(H2,32,33,34)/t19-,20?,21?,25-,26-,27-,31+,45?/m0/s1. The molecule has 1 saturated carbocycles. The molecule has 1 saturated heterocycles. The van der Waals surface area contributed by atoms with Gasteiger partial charge in [0, 0.05) is 0 Å². The quantitative estimate of drug-likeness (QED) is 0.183. The molecule has 6 atom stereocenters. The molecule has 246 valence electrons. The monoisotopic (exact) mass is 645 g/mol. The van der Waals surface area contributed by atoms with Crippen molar-refractivity contribution < 1.29 is 38.1 Å². The lowest BCUT2D eigenvalue weighted by Crippen LogP contribution is -2.45. The summed E-state index contributed by atoms with van der Waals surface area (Å²) in [5.41, 5.74) is 5.56. The number of aliphatic hydroxyl groups is 2. The number of hydrogen-bond donors (Lipinski definition) is 4. The van der Waals surface area contributed by atoms with Crippen LogP contribution in [-0.4, -0.2) is 67.3 Å². The van der Waals surface area contributed by atoms with Gasteiger partial charge in [-0.1, -0.05) is 39.0 Å².